The second kappa shape index (κ2) is 4.86. The summed E-state index contributed by atoms with van der Waals surface area (Å²) in [4.78, 5) is 13.4. The van der Waals surface area contributed by atoms with E-state index in [2.05, 4.69) is 25.4 Å². The molecule has 3 nitrogen and oxygen atoms in total. The van der Waals surface area contributed by atoms with Gasteiger partial charge in [0.1, 0.15) is 0 Å². The summed E-state index contributed by atoms with van der Waals surface area (Å²) < 4.78 is 0. The van der Waals surface area contributed by atoms with Crippen LogP contribution in [0.1, 0.15) is 13.8 Å². The molecule has 1 unspecified atom stereocenters. The van der Waals surface area contributed by atoms with Crippen molar-refractivity contribution in [3.63, 3.8) is 0 Å². The van der Waals surface area contributed by atoms with E-state index in [0.29, 0.717) is 12.5 Å². The summed E-state index contributed by atoms with van der Waals surface area (Å²) in [7, 11) is 0. The summed E-state index contributed by atoms with van der Waals surface area (Å²) in [6, 6.07) is 0. The number of carbonyl (C=O) groups excluding carboxylic acids is 1. The Kier molecular flexibility index (Phi) is 4.06. The lowest BCUT2D eigenvalue weighted by atomic mass is 10.1. The fourth-order valence-electron chi connectivity index (χ4n) is 1.61. The van der Waals surface area contributed by atoms with E-state index in [4.69, 9.17) is 0 Å². The largest absolute Gasteiger partial charge is 0.325 e. The van der Waals surface area contributed by atoms with Crippen molar-refractivity contribution in [3.05, 3.63) is 0 Å². The average Bonchev–Trinajstić information content (AvgIpc) is 2.43. The molecule has 1 N–H and O–H groups in total. The molecule has 1 rings (SSSR count). The third-order valence-corrected chi connectivity index (χ3v) is 2.88. The fourth-order valence-corrected chi connectivity index (χ4v) is 1.99. The molecule has 0 radical (unpaired) electrons. The molecule has 13 heavy (non-hydrogen) atoms. The quantitative estimate of drug-likeness (QED) is 0.730. The second-order valence-electron chi connectivity index (χ2n) is 3.65. The smallest absolute Gasteiger partial charge is 0.237 e. The Morgan fingerprint density at radius 3 is 2.92 bits per heavy atom. The second-order valence-corrected chi connectivity index (χ2v) is 4.64. The minimum atomic E-state index is 0.243. The van der Waals surface area contributed by atoms with Gasteiger partial charge < -0.3 is 4.90 Å². The van der Waals surface area contributed by atoms with Crippen LogP contribution in [-0.4, -0.2) is 42.1 Å². The van der Waals surface area contributed by atoms with Crippen molar-refractivity contribution < 1.29 is 4.79 Å². The van der Waals surface area contributed by atoms with Gasteiger partial charge in [0, 0.05) is 12.3 Å². The molecule has 0 aliphatic carbocycles. The molecular formula is C9H18N2OS. The zero-order valence-corrected chi connectivity index (χ0v) is 9.36. The van der Waals surface area contributed by atoms with Crippen molar-refractivity contribution >= 4 is 17.7 Å². The first-order chi connectivity index (χ1) is 6.16. The van der Waals surface area contributed by atoms with Crippen molar-refractivity contribution in [3.8, 4) is 0 Å². The van der Waals surface area contributed by atoms with Gasteiger partial charge in [0.15, 0.2) is 0 Å². The van der Waals surface area contributed by atoms with Gasteiger partial charge in [0.2, 0.25) is 5.91 Å². The van der Waals surface area contributed by atoms with E-state index in [0.717, 1.165) is 12.3 Å². The third kappa shape index (κ3) is 2.61. The van der Waals surface area contributed by atoms with E-state index in [1.807, 2.05) is 4.90 Å². The average molecular weight is 202 g/mol. The Morgan fingerprint density at radius 1 is 1.69 bits per heavy atom. The van der Waals surface area contributed by atoms with E-state index < -0.39 is 0 Å². The molecule has 1 amide bonds. The minimum absolute atomic E-state index is 0.243. The van der Waals surface area contributed by atoms with Crippen LogP contribution in [0.5, 0.6) is 0 Å². The molecule has 1 saturated heterocycles. The van der Waals surface area contributed by atoms with Crippen molar-refractivity contribution in [2.24, 2.45) is 5.92 Å². The van der Waals surface area contributed by atoms with E-state index in [1.165, 1.54) is 0 Å². The van der Waals surface area contributed by atoms with Crippen LogP contribution in [0.25, 0.3) is 0 Å². The third-order valence-electron chi connectivity index (χ3n) is 2.29. The van der Waals surface area contributed by atoms with Crippen molar-refractivity contribution in [2.75, 3.05) is 25.1 Å². The highest BCUT2D eigenvalue weighted by molar-refractivity contribution is 7.98. The molecule has 0 aromatic heterocycles. The molecule has 1 atom stereocenters. The van der Waals surface area contributed by atoms with Gasteiger partial charge in [-0.2, -0.15) is 11.8 Å². The Hall–Kier alpha value is -0.220. The summed E-state index contributed by atoms with van der Waals surface area (Å²) in [6.45, 7) is 5.66. The molecule has 0 aromatic rings. The van der Waals surface area contributed by atoms with Gasteiger partial charge in [-0.3, -0.25) is 10.1 Å². The zero-order chi connectivity index (χ0) is 9.84. The molecule has 0 bridgehead atoms. The number of rotatable bonds is 4. The maximum atomic E-state index is 11.4. The van der Waals surface area contributed by atoms with Crippen molar-refractivity contribution in [1.82, 2.24) is 10.2 Å². The Balaban J connectivity index is 2.50. The first kappa shape index (κ1) is 10.9. The van der Waals surface area contributed by atoms with Gasteiger partial charge in [0.05, 0.1) is 12.7 Å². The van der Waals surface area contributed by atoms with Gasteiger partial charge in [-0.1, -0.05) is 13.8 Å². The Bertz CT molecular complexity index is 184. The number of carbonyl (C=O) groups is 1. The predicted molar refractivity (Wildman–Crippen MR) is 56.7 cm³/mol. The highest BCUT2D eigenvalue weighted by Crippen LogP contribution is 2.13. The molecule has 0 aromatic carbocycles. The number of thioether (sulfide) groups is 1. The summed E-state index contributed by atoms with van der Waals surface area (Å²) in [5, 5.41) is 3.23. The monoisotopic (exact) mass is 202 g/mol. The van der Waals surface area contributed by atoms with Crippen LogP contribution in [0.15, 0.2) is 0 Å². The lowest BCUT2D eigenvalue weighted by Crippen LogP contribution is -2.42. The van der Waals surface area contributed by atoms with Gasteiger partial charge in [-0.15, -0.1) is 0 Å². The van der Waals surface area contributed by atoms with Gasteiger partial charge in [0.25, 0.3) is 0 Å². The lowest BCUT2D eigenvalue weighted by molar-refractivity contribution is -0.128. The topological polar surface area (TPSA) is 32.3 Å². The van der Waals surface area contributed by atoms with Gasteiger partial charge >= 0.3 is 0 Å². The summed E-state index contributed by atoms with van der Waals surface area (Å²) in [5.41, 5.74) is 0. The predicted octanol–water partition coefficient (Wildman–Crippen LogP) is 0.763. The summed E-state index contributed by atoms with van der Waals surface area (Å²) in [6.07, 6.45) is 2.32. The van der Waals surface area contributed by atoms with Crippen LogP contribution in [0.3, 0.4) is 0 Å². The molecule has 76 valence electrons. The van der Waals surface area contributed by atoms with Crippen molar-refractivity contribution in [1.29, 1.82) is 0 Å². The molecular weight excluding hydrogens is 184 g/mol. The molecule has 0 spiro atoms. The van der Waals surface area contributed by atoms with Gasteiger partial charge in [-0.05, 0) is 12.2 Å². The highest BCUT2D eigenvalue weighted by Gasteiger charge is 2.31. The summed E-state index contributed by atoms with van der Waals surface area (Å²) in [5.74, 6) is 1.76. The van der Waals surface area contributed by atoms with E-state index >= 15 is 0 Å². The highest BCUT2D eigenvalue weighted by atomic mass is 32.2. The molecule has 4 heteroatoms. The maximum Gasteiger partial charge on any atom is 0.237 e. The Labute approximate surface area is 84.2 Å². The number of amides is 1. The normalized spacial score (nSPS) is 23.2. The van der Waals surface area contributed by atoms with Crippen LogP contribution in [0, 0.1) is 5.92 Å². The van der Waals surface area contributed by atoms with Crippen LogP contribution in [0.4, 0.5) is 0 Å². The first-order valence-corrected chi connectivity index (χ1v) is 6.08. The maximum absolute atomic E-state index is 11.4. The number of hydrogen-bond donors (Lipinski definition) is 1. The number of hydrogen-bond acceptors (Lipinski definition) is 3. The van der Waals surface area contributed by atoms with Crippen LogP contribution in [0.2, 0.25) is 0 Å². The molecule has 1 heterocycles. The van der Waals surface area contributed by atoms with Crippen LogP contribution < -0.4 is 5.32 Å². The fraction of sp³-hybridized carbons (Fsp3) is 0.889. The first-order valence-electron chi connectivity index (χ1n) is 4.68. The summed E-state index contributed by atoms with van der Waals surface area (Å²) >= 11 is 1.78. The molecule has 1 aliphatic heterocycles. The molecule has 0 saturated carbocycles. The zero-order valence-electron chi connectivity index (χ0n) is 8.54. The minimum Gasteiger partial charge on any atom is -0.325 e. The van der Waals surface area contributed by atoms with Crippen molar-refractivity contribution in [2.45, 2.75) is 20.0 Å². The Morgan fingerprint density at radius 2 is 2.38 bits per heavy atom. The SMILES string of the molecule is CSCCN1C(=O)CNC1C(C)C. The van der Waals surface area contributed by atoms with E-state index in [-0.39, 0.29) is 12.1 Å². The number of nitrogens with one attached hydrogen (secondary N) is 1. The standard InChI is InChI=1S/C9H18N2OS/c1-7(2)9-10-6-8(12)11(9)4-5-13-3/h7,9-10H,4-6H2,1-3H3. The molecule has 1 fully saturated rings. The van der Waals surface area contributed by atoms with Crippen LogP contribution >= 0.6 is 11.8 Å². The lowest BCUT2D eigenvalue weighted by Gasteiger charge is -2.26. The van der Waals surface area contributed by atoms with Gasteiger partial charge in [-0.25, -0.2) is 0 Å². The van der Waals surface area contributed by atoms with E-state index in [9.17, 15) is 4.79 Å². The molecule has 1 aliphatic rings. The number of nitrogens with zero attached hydrogens (tertiary/aromatic N) is 1. The van der Waals surface area contributed by atoms with E-state index in [1.54, 1.807) is 11.8 Å². The van der Waals surface area contributed by atoms with Crippen LogP contribution in [-0.2, 0) is 4.79 Å².